The zero-order valence-corrected chi connectivity index (χ0v) is 7.63. The molecule has 1 aliphatic rings. The van der Waals surface area contributed by atoms with Crippen LogP contribution in [0.2, 0.25) is 0 Å². The van der Waals surface area contributed by atoms with Crippen molar-refractivity contribution in [2.75, 3.05) is 7.11 Å². The van der Waals surface area contributed by atoms with Crippen LogP contribution >= 0.6 is 0 Å². The molecule has 0 aromatic carbocycles. The number of alkyl halides is 2. The van der Waals surface area contributed by atoms with Gasteiger partial charge >= 0.3 is 0 Å². The summed E-state index contributed by atoms with van der Waals surface area (Å²) in [4.78, 5) is 3.79. The van der Waals surface area contributed by atoms with Crippen molar-refractivity contribution < 1.29 is 13.5 Å². The summed E-state index contributed by atoms with van der Waals surface area (Å²) in [6.07, 6.45) is 2.48. The minimum Gasteiger partial charge on any atom is -0.495 e. The number of aromatic nitrogens is 1. The van der Waals surface area contributed by atoms with Gasteiger partial charge in [-0.3, -0.25) is 4.98 Å². The van der Waals surface area contributed by atoms with E-state index in [2.05, 4.69) is 4.98 Å². The van der Waals surface area contributed by atoms with Gasteiger partial charge in [-0.25, -0.2) is 8.78 Å². The second kappa shape index (κ2) is 2.63. The summed E-state index contributed by atoms with van der Waals surface area (Å²) < 4.78 is 30.7. The van der Waals surface area contributed by atoms with Gasteiger partial charge in [-0.05, 0) is 6.07 Å². The number of hydrogen-bond acceptors (Lipinski definition) is 3. The molecule has 0 spiro atoms. The van der Waals surface area contributed by atoms with Gasteiger partial charge in [0, 0.05) is 18.2 Å². The van der Waals surface area contributed by atoms with E-state index >= 15 is 0 Å². The molecule has 1 aliphatic carbocycles. The van der Waals surface area contributed by atoms with E-state index in [-0.39, 0.29) is 6.42 Å². The van der Waals surface area contributed by atoms with E-state index < -0.39 is 11.5 Å². The largest absolute Gasteiger partial charge is 0.495 e. The molecule has 1 atom stereocenters. The predicted molar refractivity (Wildman–Crippen MR) is 46.2 cm³/mol. The van der Waals surface area contributed by atoms with Gasteiger partial charge in [0.25, 0.3) is 5.92 Å². The molecule has 3 nitrogen and oxygen atoms in total. The third kappa shape index (κ3) is 1.16. The molecule has 76 valence electrons. The second-order valence-corrected chi connectivity index (χ2v) is 3.47. The highest BCUT2D eigenvalue weighted by atomic mass is 19.3. The highest BCUT2D eigenvalue weighted by molar-refractivity contribution is 5.37. The van der Waals surface area contributed by atoms with Gasteiger partial charge in [-0.1, -0.05) is 0 Å². The van der Waals surface area contributed by atoms with Crippen LogP contribution in [0, 0.1) is 0 Å². The van der Waals surface area contributed by atoms with Crippen LogP contribution in [0.5, 0.6) is 5.75 Å². The molecule has 1 fully saturated rings. The Balaban J connectivity index is 2.34. The molecule has 1 aromatic rings. The number of ether oxygens (including phenoxy) is 1. The highest BCUT2D eigenvalue weighted by Gasteiger charge is 2.70. The number of nitrogens with zero attached hydrogens (tertiary/aromatic N) is 1. The van der Waals surface area contributed by atoms with E-state index in [1.54, 1.807) is 0 Å². The third-order valence-electron chi connectivity index (χ3n) is 2.49. The smallest absolute Gasteiger partial charge is 0.272 e. The first-order valence-electron chi connectivity index (χ1n) is 4.16. The average Bonchev–Trinajstić information content (AvgIpc) is 2.68. The molecule has 0 saturated heterocycles. The van der Waals surface area contributed by atoms with Gasteiger partial charge in [-0.15, -0.1) is 0 Å². The number of pyridine rings is 1. The monoisotopic (exact) mass is 200 g/mol. The fraction of sp³-hybridized carbons (Fsp3) is 0.444. The van der Waals surface area contributed by atoms with Crippen LogP contribution in [0.1, 0.15) is 12.0 Å². The van der Waals surface area contributed by atoms with Crippen LogP contribution in [0.4, 0.5) is 8.78 Å². The van der Waals surface area contributed by atoms with Crippen molar-refractivity contribution >= 4 is 0 Å². The molecule has 1 heterocycles. The summed E-state index contributed by atoms with van der Waals surface area (Å²) in [7, 11) is 1.45. The summed E-state index contributed by atoms with van der Waals surface area (Å²) in [6.45, 7) is 0. The maximum Gasteiger partial charge on any atom is 0.272 e. The normalized spacial score (nSPS) is 28.6. The zero-order chi connectivity index (χ0) is 10.4. The highest BCUT2D eigenvalue weighted by Crippen LogP contribution is 2.57. The SMILES string of the molecule is COc1cncc(C2(N)CC2(F)F)c1. The van der Waals surface area contributed by atoms with Crippen molar-refractivity contribution in [2.24, 2.45) is 5.73 Å². The molecule has 0 radical (unpaired) electrons. The predicted octanol–water partition coefficient (Wildman–Crippen LogP) is 1.28. The Morgan fingerprint density at radius 3 is 2.64 bits per heavy atom. The first kappa shape index (κ1) is 9.33. The van der Waals surface area contributed by atoms with Gasteiger partial charge in [0.2, 0.25) is 0 Å². The number of halogens is 2. The molecule has 2 rings (SSSR count). The summed E-state index contributed by atoms with van der Waals surface area (Å²) in [5.74, 6) is -2.38. The lowest BCUT2D eigenvalue weighted by Crippen LogP contribution is -2.27. The molecule has 1 unspecified atom stereocenters. The van der Waals surface area contributed by atoms with Crippen molar-refractivity contribution in [1.82, 2.24) is 4.98 Å². The quantitative estimate of drug-likeness (QED) is 0.782. The number of nitrogens with two attached hydrogens (primary N) is 1. The van der Waals surface area contributed by atoms with Crippen LogP contribution in [0.15, 0.2) is 18.5 Å². The molecule has 14 heavy (non-hydrogen) atoms. The number of hydrogen-bond donors (Lipinski definition) is 1. The molecule has 2 N–H and O–H groups in total. The summed E-state index contributed by atoms with van der Waals surface area (Å²) in [5.41, 5.74) is 4.30. The lowest BCUT2D eigenvalue weighted by molar-refractivity contribution is 0.0890. The molecular weight excluding hydrogens is 190 g/mol. The topological polar surface area (TPSA) is 48.1 Å². The number of rotatable bonds is 2. The maximum absolute atomic E-state index is 12.9. The standard InChI is InChI=1S/C9H10F2N2O/c1-14-7-2-6(3-13-4-7)8(12)5-9(8,10)11/h2-4H,5,12H2,1H3. The Bertz CT molecular complexity index is 370. The van der Waals surface area contributed by atoms with Crippen molar-refractivity contribution in [3.05, 3.63) is 24.0 Å². The maximum atomic E-state index is 12.9. The van der Waals surface area contributed by atoms with Crippen molar-refractivity contribution in [3.63, 3.8) is 0 Å². The number of methoxy groups -OCH3 is 1. The van der Waals surface area contributed by atoms with Crippen LogP contribution in [-0.4, -0.2) is 18.0 Å². The molecule has 0 amide bonds. The van der Waals surface area contributed by atoms with E-state index in [0.717, 1.165) is 0 Å². The Labute approximate surface area is 79.9 Å². The van der Waals surface area contributed by atoms with Crippen LogP contribution in [-0.2, 0) is 5.54 Å². The van der Waals surface area contributed by atoms with E-state index in [1.165, 1.54) is 25.6 Å². The van der Waals surface area contributed by atoms with E-state index in [0.29, 0.717) is 11.3 Å². The average molecular weight is 200 g/mol. The van der Waals surface area contributed by atoms with E-state index in [9.17, 15) is 8.78 Å². The van der Waals surface area contributed by atoms with Gasteiger partial charge in [0.1, 0.15) is 11.3 Å². The zero-order valence-electron chi connectivity index (χ0n) is 7.63. The Morgan fingerprint density at radius 1 is 1.50 bits per heavy atom. The fourth-order valence-electron chi connectivity index (χ4n) is 1.39. The van der Waals surface area contributed by atoms with Crippen LogP contribution in [0.3, 0.4) is 0 Å². The Morgan fingerprint density at radius 2 is 2.14 bits per heavy atom. The first-order valence-corrected chi connectivity index (χ1v) is 4.16. The minimum absolute atomic E-state index is 0.321. The molecule has 0 bridgehead atoms. The first-order chi connectivity index (χ1) is 6.49. The van der Waals surface area contributed by atoms with Gasteiger partial charge in [0.05, 0.1) is 13.3 Å². The van der Waals surface area contributed by atoms with E-state index in [1.807, 2.05) is 0 Å². The van der Waals surface area contributed by atoms with Crippen LogP contribution in [0.25, 0.3) is 0 Å². The van der Waals surface area contributed by atoms with Crippen molar-refractivity contribution in [3.8, 4) is 5.75 Å². The lowest BCUT2D eigenvalue weighted by atomic mass is 10.1. The third-order valence-corrected chi connectivity index (χ3v) is 2.49. The summed E-state index contributed by atoms with van der Waals surface area (Å²) in [5, 5.41) is 0. The molecule has 5 heteroatoms. The Kier molecular flexibility index (Phi) is 1.75. The van der Waals surface area contributed by atoms with Gasteiger partial charge in [-0.2, -0.15) is 0 Å². The molecule has 1 saturated carbocycles. The Hall–Kier alpha value is -1.23. The van der Waals surface area contributed by atoms with Gasteiger partial charge in [0.15, 0.2) is 0 Å². The van der Waals surface area contributed by atoms with Gasteiger partial charge < -0.3 is 10.5 Å². The van der Waals surface area contributed by atoms with Crippen LogP contribution < -0.4 is 10.5 Å². The molecule has 1 aromatic heterocycles. The lowest BCUT2D eigenvalue weighted by Gasteiger charge is -2.10. The second-order valence-electron chi connectivity index (χ2n) is 3.47. The van der Waals surface area contributed by atoms with E-state index in [4.69, 9.17) is 10.5 Å². The molecular formula is C9H10F2N2O. The molecule has 0 aliphatic heterocycles. The minimum atomic E-state index is -2.82. The van der Waals surface area contributed by atoms with Crippen molar-refractivity contribution in [1.29, 1.82) is 0 Å². The summed E-state index contributed by atoms with van der Waals surface area (Å²) >= 11 is 0. The fourth-order valence-corrected chi connectivity index (χ4v) is 1.39. The summed E-state index contributed by atoms with van der Waals surface area (Å²) in [6, 6.07) is 1.49. The van der Waals surface area contributed by atoms with Crippen molar-refractivity contribution in [2.45, 2.75) is 17.9 Å².